The highest BCUT2D eigenvalue weighted by molar-refractivity contribution is 5.95. The number of aryl methyl sites for hydroxylation is 1. The van der Waals surface area contributed by atoms with Crippen LogP contribution in [-0.4, -0.2) is 27.4 Å². The number of imidazole rings is 1. The van der Waals surface area contributed by atoms with Gasteiger partial charge in [-0.25, -0.2) is 9.78 Å². The smallest absolute Gasteiger partial charge is 0.338 e. The van der Waals surface area contributed by atoms with Crippen molar-refractivity contribution in [3.05, 3.63) is 65.6 Å². The van der Waals surface area contributed by atoms with E-state index in [4.69, 9.17) is 4.74 Å². The van der Waals surface area contributed by atoms with E-state index in [0.717, 1.165) is 11.2 Å². The number of carbonyl (C=O) groups is 2. The first-order chi connectivity index (χ1) is 12.4. The predicted octanol–water partition coefficient (Wildman–Crippen LogP) is 3.39. The van der Waals surface area contributed by atoms with Gasteiger partial charge in [-0.3, -0.25) is 4.79 Å². The van der Waals surface area contributed by atoms with Crippen LogP contribution in [0.2, 0.25) is 0 Å². The van der Waals surface area contributed by atoms with Crippen LogP contribution in [0.25, 0.3) is 5.65 Å². The summed E-state index contributed by atoms with van der Waals surface area (Å²) in [7, 11) is 0. The lowest BCUT2D eigenvalue weighted by Gasteiger charge is -2.09. The fourth-order valence-corrected chi connectivity index (χ4v) is 2.67. The molecule has 0 aliphatic heterocycles. The molecular formula is C20H21N3O3. The molecule has 0 atom stereocenters. The van der Waals surface area contributed by atoms with Crippen molar-refractivity contribution in [3.8, 4) is 0 Å². The molecule has 6 heteroatoms. The number of pyridine rings is 1. The first kappa shape index (κ1) is 17.7. The van der Waals surface area contributed by atoms with Crippen LogP contribution in [0.15, 0.2) is 48.8 Å². The highest BCUT2D eigenvalue weighted by atomic mass is 16.5. The van der Waals surface area contributed by atoms with Gasteiger partial charge in [-0.2, -0.15) is 0 Å². The van der Waals surface area contributed by atoms with Crippen molar-refractivity contribution >= 4 is 23.2 Å². The lowest BCUT2D eigenvalue weighted by molar-refractivity contribution is -0.115. The number of fused-ring (bicyclic) bond motifs is 1. The van der Waals surface area contributed by atoms with Crippen LogP contribution in [0.3, 0.4) is 0 Å². The summed E-state index contributed by atoms with van der Waals surface area (Å²) < 4.78 is 7.08. The minimum atomic E-state index is -0.410. The second-order valence-corrected chi connectivity index (χ2v) is 6.41. The van der Waals surface area contributed by atoms with Crippen molar-refractivity contribution in [2.24, 2.45) is 0 Å². The van der Waals surface area contributed by atoms with E-state index in [1.54, 1.807) is 38.1 Å². The summed E-state index contributed by atoms with van der Waals surface area (Å²) >= 11 is 0. The second kappa shape index (κ2) is 7.39. The van der Waals surface area contributed by atoms with Gasteiger partial charge in [-0.15, -0.1) is 0 Å². The third-order valence-electron chi connectivity index (χ3n) is 3.79. The molecule has 6 nitrogen and oxygen atoms in total. The average Bonchev–Trinajstić information content (AvgIpc) is 2.98. The minimum absolute atomic E-state index is 0.155. The zero-order valence-electron chi connectivity index (χ0n) is 15.0. The molecule has 134 valence electrons. The molecule has 0 radical (unpaired) electrons. The molecule has 0 unspecified atom stereocenters. The Morgan fingerprint density at radius 3 is 2.77 bits per heavy atom. The summed E-state index contributed by atoms with van der Waals surface area (Å²) in [6.45, 7) is 5.56. The number of hydrogen-bond acceptors (Lipinski definition) is 4. The Morgan fingerprint density at radius 1 is 1.23 bits per heavy atom. The molecule has 0 fully saturated rings. The fraction of sp³-hybridized carbons (Fsp3) is 0.250. The molecule has 2 aromatic heterocycles. The number of carbonyl (C=O) groups excluding carboxylic acids is 2. The van der Waals surface area contributed by atoms with Crippen molar-refractivity contribution in [2.75, 3.05) is 5.32 Å². The van der Waals surface area contributed by atoms with Crippen LogP contribution < -0.4 is 5.32 Å². The average molecular weight is 351 g/mol. The largest absolute Gasteiger partial charge is 0.459 e. The molecule has 26 heavy (non-hydrogen) atoms. The van der Waals surface area contributed by atoms with Crippen molar-refractivity contribution in [3.63, 3.8) is 0 Å². The van der Waals surface area contributed by atoms with Gasteiger partial charge in [-0.1, -0.05) is 12.1 Å². The number of hydrogen-bond donors (Lipinski definition) is 1. The van der Waals surface area contributed by atoms with Crippen LogP contribution in [0.1, 0.15) is 35.5 Å². The lowest BCUT2D eigenvalue weighted by Crippen LogP contribution is -2.16. The van der Waals surface area contributed by atoms with Gasteiger partial charge in [-0.05, 0) is 50.6 Å². The molecule has 1 N–H and O–H groups in total. The number of esters is 1. The highest BCUT2D eigenvalue weighted by Gasteiger charge is 2.12. The number of aromatic nitrogens is 2. The molecule has 0 aliphatic rings. The van der Waals surface area contributed by atoms with Crippen LogP contribution in [-0.2, 0) is 16.0 Å². The number of anilines is 1. The third kappa shape index (κ3) is 4.08. The van der Waals surface area contributed by atoms with Crippen LogP contribution in [0, 0.1) is 6.92 Å². The van der Waals surface area contributed by atoms with Gasteiger partial charge in [0.05, 0.1) is 23.8 Å². The Kier molecular flexibility index (Phi) is 5.02. The molecule has 0 aliphatic carbocycles. The highest BCUT2D eigenvalue weighted by Crippen LogP contribution is 2.14. The lowest BCUT2D eigenvalue weighted by atomic mass is 10.2. The number of benzene rings is 1. The van der Waals surface area contributed by atoms with Crippen molar-refractivity contribution in [1.82, 2.24) is 9.38 Å². The van der Waals surface area contributed by atoms with Crippen molar-refractivity contribution in [2.45, 2.75) is 33.3 Å². The number of amides is 1. The maximum Gasteiger partial charge on any atom is 0.338 e. The Hall–Kier alpha value is -3.15. The number of rotatable bonds is 5. The van der Waals surface area contributed by atoms with Gasteiger partial charge in [0.1, 0.15) is 5.65 Å². The Labute approximate surface area is 151 Å². The molecule has 3 rings (SSSR count). The molecule has 0 spiro atoms. The van der Waals surface area contributed by atoms with Crippen LogP contribution in [0.4, 0.5) is 5.69 Å². The van der Waals surface area contributed by atoms with Gasteiger partial charge in [0.2, 0.25) is 5.91 Å². The Balaban J connectivity index is 1.69. The van der Waals surface area contributed by atoms with Gasteiger partial charge < -0.3 is 14.5 Å². The minimum Gasteiger partial charge on any atom is -0.459 e. The quantitative estimate of drug-likeness (QED) is 0.715. The van der Waals surface area contributed by atoms with Gasteiger partial charge >= 0.3 is 5.97 Å². The summed E-state index contributed by atoms with van der Waals surface area (Å²) in [5.74, 6) is -0.604. The summed E-state index contributed by atoms with van der Waals surface area (Å²) in [5, 5.41) is 2.80. The van der Waals surface area contributed by atoms with E-state index in [1.807, 2.05) is 35.9 Å². The van der Waals surface area contributed by atoms with Crippen molar-refractivity contribution in [1.29, 1.82) is 0 Å². The first-order valence-electron chi connectivity index (χ1n) is 8.46. The maximum atomic E-state index is 12.3. The van der Waals surface area contributed by atoms with Gasteiger partial charge in [0.15, 0.2) is 0 Å². The van der Waals surface area contributed by atoms with E-state index in [0.29, 0.717) is 16.9 Å². The number of nitrogens with one attached hydrogen (secondary N) is 1. The van der Waals surface area contributed by atoms with Crippen LogP contribution in [0.5, 0.6) is 0 Å². The third-order valence-corrected chi connectivity index (χ3v) is 3.79. The van der Waals surface area contributed by atoms with E-state index in [2.05, 4.69) is 10.3 Å². The maximum absolute atomic E-state index is 12.3. The predicted molar refractivity (Wildman–Crippen MR) is 99.3 cm³/mol. The molecular weight excluding hydrogens is 330 g/mol. The van der Waals surface area contributed by atoms with Crippen LogP contribution >= 0.6 is 0 Å². The van der Waals surface area contributed by atoms with E-state index in [1.165, 1.54) is 0 Å². The van der Waals surface area contributed by atoms with Gasteiger partial charge in [0, 0.05) is 18.1 Å². The Morgan fingerprint density at radius 2 is 2.04 bits per heavy atom. The number of ether oxygens (including phenoxy) is 1. The summed E-state index contributed by atoms with van der Waals surface area (Å²) in [6.07, 6.45) is 3.71. The molecule has 1 aromatic carbocycles. The van der Waals surface area contributed by atoms with Crippen molar-refractivity contribution < 1.29 is 14.3 Å². The first-order valence-corrected chi connectivity index (χ1v) is 8.46. The summed E-state index contributed by atoms with van der Waals surface area (Å²) in [4.78, 5) is 28.8. The van der Waals surface area contributed by atoms with E-state index >= 15 is 0 Å². The van der Waals surface area contributed by atoms with E-state index < -0.39 is 5.97 Å². The molecule has 0 bridgehead atoms. The summed E-state index contributed by atoms with van der Waals surface area (Å²) in [6, 6.07) is 10.6. The topological polar surface area (TPSA) is 72.7 Å². The standard InChI is InChI=1S/C20H21N3O3/c1-13(2)26-20(25)15-7-4-8-16(10-15)21-18(24)11-17-12-23-9-5-6-14(3)19(23)22-17/h4-10,12-13H,11H2,1-3H3,(H,21,24). The molecule has 0 saturated carbocycles. The number of nitrogens with zero attached hydrogens (tertiary/aromatic N) is 2. The molecule has 0 saturated heterocycles. The SMILES string of the molecule is Cc1cccn2cc(CC(=O)Nc3cccc(C(=O)OC(C)C)c3)nc12. The zero-order chi connectivity index (χ0) is 18.7. The normalized spacial score (nSPS) is 10.9. The van der Waals surface area contributed by atoms with E-state index in [9.17, 15) is 9.59 Å². The zero-order valence-corrected chi connectivity index (χ0v) is 15.0. The Bertz CT molecular complexity index is 960. The molecule has 1 amide bonds. The molecule has 2 heterocycles. The fourth-order valence-electron chi connectivity index (χ4n) is 2.67. The summed E-state index contributed by atoms with van der Waals surface area (Å²) in [5.41, 5.74) is 3.53. The second-order valence-electron chi connectivity index (χ2n) is 6.41. The molecule has 3 aromatic rings. The monoisotopic (exact) mass is 351 g/mol. The van der Waals surface area contributed by atoms with Gasteiger partial charge in [0.25, 0.3) is 0 Å². The van der Waals surface area contributed by atoms with E-state index in [-0.39, 0.29) is 18.4 Å².